The molecule has 96 valence electrons. The molecule has 0 aliphatic carbocycles. The van der Waals surface area contributed by atoms with Crippen molar-refractivity contribution in [2.24, 2.45) is 0 Å². The maximum absolute atomic E-state index is 4.25. The van der Waals surface area contributed by atoms with Crippen molar-refractivity contribution in [1.29, 1.82) is 0 Å². The Morgan fingerprint density at radius 1 is 1.28 bits per heavy atom. The number of hydrogen-bond donors (Lipinski definition) is 1. The molecule has 0 saturated carbocycles. The number of hydrogen-bond acceptors (Lipinski definition) is 5. The number of nitrogens with one attached hydrogen (secondary N) is 1. The average Bonchev–Trinajstić information content (AvgIpc) is 2.75. The second kappa shape index (κ2) is 5.12. The van der Waals surface area contributed by atoms with Crippen LogP contribution in [0, 0.1) is 6.92 Å². The number of aryl methyl sites for hydroxylation is 1. The molecule has 18 heavy (non-hydrogen) atoms. The zero-order chi connectivity index (χ0) is 13.2. The lowest BCUT2D eigenvalue weighted by atomic mass is 10.1. The Balaban J connectivity index is 2.14. The molecule has 0 aromatic carbocycles. The SMILES string of the molecule is Cc1cnccc1-c1nnc(CNC(C)(C)C)s1. The highest BCUT2D eigenvalue weighted by molar-refractivity contribution is 7.14. The molecule has 0 fully saturated rings. The summed E-state index contributed by atoms with van der Waals surface area (Å²) in [6.45, 7) is 9.22. The fraction of sp³-hybridized carbons (Fsp3) is 0.462. The molecule has 2 aromatic rings. The Kier molecular flexibility index (Phi) is 3.73. The maximum Gasteiger partial charge on any atom is 0.148 e. The van der Waals surface area contributed by atoms with Crippen molar-refractivity contribution in [3.8, 4) is 10.6 Å². The molecule has 0 bridgehead atoms. The van der Waals surface area contributed by atoms with Gasteiger partial charge in [0.05, 0.1) is 6.54 Å². The standard InChI is InChI=1S/C13H18N4S/c1-9-7-14-6-5-10(9)12-17-16-11(18-12)8-15-13(2,3)4/h5-7,15H,8H2,1-4H3. The summed E-state index contributed by atoms with van der Waals surface area (Å²) >= 11 is 1.63. The lowest BCUT2D eigenvalue weighted by Gasteiger charge is -2.19. The van der Waals surface area contributed by atoms with Crippen molar-refractivity contribution in [3.05, 3.63) is 29.0 Å². The summed E-state index contributed by atoms with van der Waals surface area (Å²) in [5.74, 6) is 0. The van der Waals surface area contributed by atoms with Crippen molar-refractivity contribution in [2.75, 3.05) is 0 Å². The van der Waals surface area contributed by atoms with E-state index in [-0.39, 0.29) is 5.54 Å². The third-order valence-electron chi connectivity index (χ3n) is 2.49. The number of nitrogens with zero attached hydrogens (tertiary/aromatic N) is 3. The molecule has 4 nitrogen and oxygen atoms in total. The van der Waals surface area contributed by atoms with Crippen LogP contribution in [0.3, 0.4) is 0 Å². The zero-order valence-electron chi connectivity index (χ0n) is 11.2. The van der Waals surface area contributed by atoms with E-state index in [1.54, 1.807) is 17.5 Å². The van der Waals surface area contributed by atoms with Gasteiger partial charge in [0.2, 0.25) is 0 Å². The lowest BCUT2D eigenvalue weighted by Crippen LogP contribution is -2.35. The average molecular weight is 262 g/mol. The second-order valence-corrected chi connectivity index (χ2v) is 6.36. The molecule has 0 amide bonds. The Morgan fingerprint density at radius 2 is 2.06 bits per heavy atom. The van der Waals surface area contributed by atoms with Crippen molar-refractivity contribution in [2.45, 2.75) is 39.8 Å². The van der Waals surface area contributed by atoms with E-state index in [1.165, 1.54) is 0 Å². The van der Waals surface area contributed by atoms with Gasteiger partial charge in [0, 0.05) is 23.5 Å². The van der Waals surface area contributed by atoms with E-state index in [1.807, 2.05) is 19.2 Å². The molecule has 2 rings (SSSR count). The van der Waals surface area contributed by atoms with Gasteiger partial charge in [0.25, 0.3) is 0 Å². The summed E-state index contributed by atoms with van der Waals surface area (Å²) in [7, 11) is 0. The van der Waals surface area contributed by atoms with Crippen LogP contribution in [0.1, 0.15) is 31.3 Å². The lowest BCUT2D eigenvalue weighted by molar-refractivity contribution is 0.423. The van der Waals surface area contributed by atoms with Crippen LogP contribution in [-0.2, 0) is 6.54 Å². The monoisotopic (exact) mass is 262 g/mol. The predicted octanol–water partition coefficient (Wildman–Crippen LogP) is 2.80. The Labute approximate surface area is 111 Å². The normalized spacial score (nSPS) is 11.8. The Hall–Kier alpha value is -1.33. The van der Waals surface area contributed by atoms with Crippen molar-refractivity contribution < 1.29 is 0 Å². The van der Waals surface area contributed by atoms with Crippen molar-refractivity contribution >= 4 is 11.3 Å². The minimum Gasteiger partial charge on any atom is -0.306 e. The van der Waals surface area contributed by atoms with Gasteiger partial charge in [-0.2, -0.15) is 0 Å². The maximum atomic E-state index is 4.25. The van der Waals surface area contributed by atoms with E-state index in [9.17, 15) is 0 Å². The molecular formula is C13H18N4S. The second-order valence-electron chi connectivity index (χ2n) is 5.30. The van der Waals surface area contributed by atoms with Gasteiger partial charge in [-0.05, 0) is 39.3 Å². The van der Waals surface area contributed by atoms with E-state index < -0.39 is 0 Å². The molecule has 2 heterocycles. The van der Waals surface area contributed by atoms with Crippen LogP contribution in [0.5, 0.6) is 0 Å². The highest BCUT2D eigenvalue weighted by atomic mass is 32.1. The first-order valence-corrected chi connectivity index (χ1v) is 6.76. The van der Waals surface area contributed by atoms with Gasteiger partial charge < -0.3 is 5.32 Å². The van der Waals surface area contributed by atoms with Crippen LogP contribution in [0.4, 0.5) is 0 Å². The molecule has 5 heteroatoms. The van der Waals surface area contributed by atoms with Crippen LogP contribution >= 0.6 is 11.3 Å². The summed E-state index contributed by atoms with van der Waals surface area (Å²) in [4.78, 5) is 4.09. The molecule has 0 saturated heterocycles. The molecule has 0 radical (unpaired) electrons. The first-order chi connectivity index (χ1) is 8.46. The molecule has 2 aromatic heterocycles. The largest absolute Gasteiger partial charge is 0.306 e. The number of pyridine rings is 1. The van der Waals surface area contributed by atoms with Crippen LogP contribution in [0.25, 0.3) is 10.6 Å². The van der Waals surface area contributed by atoms with Crippen molar-refractivity contribution in [3.63, 3.8) is 0 Å². The summed E-state index contributed by atoms with van der Waals surface area (Å²) in [5, 5.41) is 13.9. The summed E-state index contributed by atoms with van der Waals surface area (Å²) in [6.07, 6.45) is 3.64. The molecule has 0 aliphatic heterocycles. The molecule has 0 aliphatic rings. The third-order valence-corrected chi connectivity index (χ3v) is 3.44. The van der Waals surface area contributed by atoms with Crippen molar-refractivity contribution in [1.82, 2.24) is 20.5 Å². The molecule has 0 spiro atoms. The number of rotatable bonds is 3. The first kappa shape index (κ1) is 13.1. The van der Waals surface area contributed by atoms with E-state index in [2.05, 4.69) is 41.3 Å². The zero-order valence-corrected chi connectivity index (χ0v) is 12.0. The number of aromatic nitrogens is 3. The van der Waals surface area contributed by atoms with E-state index in [0.29, 0.717) is 0 Å². The van der Waals surface area contributed by atoms with Gasteiger partial charge in [-0.1, -0.05) is 11.3 Å². The fourth-order valence-electron chi connectivity index (χ4n) is 1.49. The van der Waals surface area contributed by atoms with Gasteiger partial charge in [-0.25, -0.2) is 0 Å². The Bertz CT molecular complexity index is 528. The fourth-order valence-corrected chi connectivity index (χ4v) is 2.36. The molecule has 0 atom stereocenters. The van der Waals surface area contributed by atoms with Gasteiger partial charge in [0.1, 0.15) is 10.0 Å². The minimum atomic E-state index is 0.0957. The predicted molar refractivity (Wildman–Crippen MR) is 74.5 cm³/mol. The topological polar surface area (TPSA) is 50.7 Å². The quantitative estimate of drug-likeness (QED) is 0.924. The van der Waals surface area contributed by atoms with Crippen LogP contribution in [0.15, 0.2) is 18.5 Å². The smallest absolute Gasteiger partial charge is 0.148 e. The van der Waals surface area contributed by atoms with Gasteiger partial charge >= 0.3 is 0 Å². The highest BCUT2D eigenvalue weighted by Gasteiger charge is 2.12. The van der Waals surface area contributed by atoms with Gasteiger partial charge in [0.15, 0.2) is 0 Å². The molecular weight excluding hydrogens is 244 g/mol. The van der Waals surface area contributed by atoms with E-state index in [4.69, 9.17) is 0 Å². The van der Waals surface area contributed by atoms with Crippen LogP contribution in [0.2, 0.25) is 0 Å². The van der Waals surface area contributed by atoms with Gasteiger partial charge in [-0.3, -0.25) is 4.98 Å². The van der Waals surface area contributed by atoms with E-state index >= 15 is 0 Å². The molecule has 1 N–H and O–H groups in total. The van der Waals surface area contributed by atoms with E-state index in [0.717, 1.165) is 27.7 Å². The first-order valence-electron chi connectivity index (χ1n) is 5.94. The summed E-state index contributed by atoms with van der Waals surface area (Å²) in [6, 6.07) is 1.98. The third kappa shape index (κ3) is 3.34. The Morgan fingerprint density at radius 3 is 2.72 bits per heavy atom. The van der Waals surface area contributed by atoms with Crippen LogP contribution < -0.4 is 5.32 Å². The highest BCUT2D eigenvalue weighted by Crippen LogP contribution is 2.25. The minimum absolute atomic E-state index is 0.0957. The summed E-state index contributed by atoms with van der Waals surface area (Å²) in [5.41, 5.74) is 2.34. The molecule has 0 unspecified atom stereocenters. The van der Waals surface area contributed by atoms with Gasteiger partial charge in [-0.15, -0.1) is 10.2 Å². The summed E-state index contributed by atoms with van der Waals surface area (Å²) < 4.78 is 0. The van der Waals surface area contributed by atoms with Crippen LogP contribution in [-0.4, -0.2) is 20.7 Å².